The van der Waals surface area contributed by atoms with E-state index in [1.165, 1.54) is 5.56 Å². The first-order valence-electron chi connectivity index (χ1n) is 4.76. The summed E-state index contributed by atoms with van der Waals surface area (Å²) in [6, 6.07) is 7.86. The van der Waals surface area contributed by atoms with E-state index < -0.39 is 0 Å². The Hall–Kier alpha value is -1.48. The van der Waals surface area contributed by atoms with Gasteiger partial charge in [-0.15, -0.1) is 0 Å². The molecule has 2 aromatic rings. The van der Waals surface area contributed by atoms with Crippen LogP contribution in [-0.2, 0) is 6.61 Å². The minimum absolute atomic E-state index is 0.581. The maximum atomic E-state index is 5.81. The van der Waals surface area contributed by atoms with Gasteiger partial charge in [-0.25, -0.2) is 0 Å². The van der Waals surface area contributed by atoms with Crippen molar-refractivity contribution in [2.24, 2.45) is 0 Å². The van der Waals surface area contributed by atoms with Gasteiger partial charge >= 0.3 is 0 Å². The molecular formula is C12H13NOS. The van der Waals surface area contributed by atoms with Crippen LogP contribution in [0.2, 0.25) is 0 Å². The third-order valence-corrected chi connectivity index (χ3v) is 2.88. The van der Waals surface area contributed by atoms with Crippen LogP contribution >= 0.6 is 11.3 Å². The molecule has 0 spiro atoms. The lowest BCUT2D eigenvalue weighted by molar-refractivity contribution is 0.308. The van der Waals surface area contributed by atoms with Gasteiger partial charge in [0.25, 0.3) is 0 Å². The van der Waals surface area contributed by atoms with E-state index in [1.54, 1.807) is 11.3 Å². The summed E-state index contributed by atoms with van der Waals surface area (Å²) >= 11 is 1.67. The van der Waals surface area contributed by atoms with Crippen molar-refractivity contribution in [2.75, 3.05) is 5.73 Å². The van der Waals surface area contributed by atoms with E-state index in [-0.39, 0.29) is 0 Å². The Morgan fingerprint density at radius 3 is 2.93 bits per heavy atom. The summed E-state index contributed by atoms with van der Waals surface area (Å²) in [5.41, 5.74) is 8.84. The average Bonchev–Trinajstić information content (AvgIpc) is 2.72. The predicted octanol–water partition coefficient (Wildman–Crippen LogP) is 3.22. The molecule has 15 heavy (non-hydrogen) atoms. The summed E-state index contributed by atoms with van der Waals surface area (Å²) < 4.78 is 5.64. The van der Waals surface area contributed by atoms with Gasteiger partial charge in [-0.3, -0.25) is 0 Å². The van der Waals surface area contributed by atoms with E-state index in [9.17, 15) is 0 Å². The molecule has 2 rings (SSSR count). The lowest BCUT2D eigenvalue weighted by Crippen LogP contribution is -1.97. The fourth-order valence-corrected chi connectivity index (χ4v) is 1.96. The first-order chi connectivity index (χ1) is 7.25. The first kappa shape index (κ1) is 10.1. The van der Waals surface area contributed by atoms with Crippen LogP contribution in [0.1, 0.15) is 11.1 Å². The van der Waals surface area contributed by atoms with Crippen LogP contribution in [0.4, 0.5) is 5.69 Å². The quantitative estimate of drug-likeness (QED) is 0.804. The molecule has 0 saturated carbocycles. The van der Waals surface area contributed by atoms with Crippen molar-refractivity contribution in [3.63, 3.8) is 0 Å². The van der Waals surface area contributed by atoms with Gasteiger partial charge in [-0.05, 0) is 47.0 Å². The highest BCUT2D eigenvalue weighted by Gasteiger charge is 2.01. The molecule has 0 atom stereocenters. The highest BCUT2D eigenvalue weighted by atomic mass is 32.1. The maximum absolute atomic E-state index is 5.81. The summed E-state index contributed by atoms with van der Waals surface area (Å²) in [5, 5.41) is 4.12. The fraction of sp³-hybridized carbons (Fsp3) is 0.167. The molecule has 0 unspecified atom stereocenters. The second-order valence-electron chi connectivity index (χ2n) is 3.46. The Morgan fingerprint density at radius 2 is 2.20 bits per heavy atom. The Bertz CT molecular complexity index is 437. The van der Waals surface area contributed by atoms with Crippen LogP contribution in [-0.4, -0.2) is 0 Å². The van der Waals surface area contributed by atoms with Crippen LogP contribution in [0, 0.1) is 6.92 Å². The Balaban J connectivity index is 2.07. The van der Waals surface area contributed by atoms with Crippen molar-refractivity contribution in [1.82, 2.24) is 0 Å². The molecule has 2 N–H and O–H groups in total. The zero-order chi connectivity index (χ0) is 10.7. The van der Waals surface area contributed by atoms with Crippen molar-refractivity contribution in [3.05, 3.63) is 46.2 Å². The van der Waals surface area contributed by atoms with E-state index in [0.29, 0.717) is 12.3 Å². The molecule has 1 heterocycles. The Labute approximate surface area is 93.3 Å². The normalized spacial score (nSPS) is 10.2. The van der Waals surface area contributed by atoms with E-state index in [4.69, 9.17) is 10.5 Å². The largest absolute Gasteiger partial charge is 0.487 e. The van der Waals surface area contributed by atoms with Gasteiger partial charge in [0.05, 0.1) is 5.69 Å². The molecule has 0 amide bonds. The lowest BCUT2D eigenvalue weighted by atomic mass is 10.2. The number of anilines is 1. The van der Waals surface area contributed by atoms with Gasteiger partial charge in [-0.2, -0.15) is 11.3 Å². The van der Waals surface area contributed by atoms with Gasteiger partial charge in [0, 0.05) is 0 Å². The molecular weight excluding hydrogens is 206 g/mol. The van der Waals surface area contributed by atoms with Crippen LogP contribution in [0.15, 0.2) is 35.0 Å². The molecule has 1 aromatic heterocycles. The van der Waals surface area contributed by atoms with Crippen LogP contribution < -0.4 is 10.5 Å². The highest BCUT2D eigenvalue weighted by molar-refractivity contribution is 7.07. The number of ether oxygens (including phenoxy) is 1. The number of aryl methyl sites for hydroxylation is 1. The number of benzene rings is 1. The molecule has 78 valence electrons. The van der Waals surface area contributed by atoms with Gasteiger partial charge in [0.15, 0.2) is 0 Å². The van der Waals surface area contributed by atoms with Gasteiger partial charge < -0.3 is 10.5 Å². The lowest BCUT2D eigenvalue weighted by Gasteiger charge is -2.08. The van der Waals surface area contributed by atoms with Crippen molar-refractivity contribution < 1.29 is 4.74 Å². The topological polar surface area (TPSA) is 35.2 Å². The molecule has 1 aromatic carbocycles. The zero-order valence-corrected chi connectivity index (χ0v) is 9.38. The van der Waals surface area contributed by atoms with Crippen molar-refractivity contribution in [2.45, 2.75) is 13.5 Å². The summed E-state index contributed by atoms with van der Waals surface area (Å²) in [7, 11) is 0. The molecule has 0 radical (unpaired) electrons. The second kappa shape index (κ2) is 4.36. The maximum Gasteiger partial charge on any atom is 0.142 e. The number of rotatable bonds is 3. The van der Waals surface area contributed by atoms with Crippen molar-refractivity contribution in [1.29, 1.82) is 0 Å². The van der Waals surface area contributed by atoms with Gasteiger partial charge in [-0.1, -0.05) is 6.07 Å². The van der Waals surface area contributed by atoms with E-state index >= 15 is 0 Å². The van der Waals surface area contributed by atoms with E-state index in [2.05, 4.69) is 11.4 Å². The number of hydrogen-bond donors (Lipinski definition) is 1. The highest BCUT2D eigenvalue weighted by Crippen LogP contribution is 2.23. The Morgan fingerprint density at radius 1 is 1.33 bits per heavy atom. The van der Waals surface area contributed by atoms with Crippen molar-refractivity contribution in [3.8, 4) is 5.75 Å². The summed E-state index contributed by atoms with van der Waals surface area (Å²) in [6.45, 7) is 2.61. The van der Waals surface area contributed by atoms with E-state index in [1.807, 2.05) is 30.5 Å². The summed E-state index contributed by atoms with van der Waals surface area (Å²) in [4.78, 5) is 0. The molecule has 0 fully saturated rings. The number of hydrogen-bond acceptors (Lipinski definition) is 3. The third-order valence-electron chi connectivity index (χ3n) is 2.14. The fourth-order valence-electron chi connectivity index (χ4n) is 1.30. The van der Waals surface area contributed by atoms with E-state index in [0.717, 1.165) is 11.3 Å². The van der Waals surface area contributed by atoms with Gasteiger partial charge in [0.1, 0.15) is 12.4 Å². The molecule has 0 saturated heterocycles. The molecule has 0 bridgehead atoms. The molecule has 0 aliphatic carbocycles. The molecule has 0 aliphatic rings. The van der Waals surface area contributed by atoms with Crippen LogP contribution in [0.3, 0.4) is 0 Å². The minimum atomic E-state index is 0.581. The van der Waals surface area contributed by atoms with Crippen LogP contribution in [0.5, 0.6) is 5.75 Å². The molecule has 2 nitrogen and oxygen atoms in total. The van der Waals surface area contributed by atoms with Crippen molar-refractivity contribution >= 4 is 17.0 Å². The monoisotopic (exact) mass is 219 g/mol. The smallest absolute Gasteiger partial charge is 0.142 e. The molecule has 3 heteroatoms. The standard InChI is InChI=1S/C12H13NOS/c1-9-2-3-11(13)12(6-9)14-7-10-4-5-15-8-10/h2-6,8H,7,13H2,1H3. The summed E-state index contributed by atoms with van der Waals surface area (Å²) in [5.74, 6) is 0.765. The first-order valence-corrected chi connectivity index (χ1v) is 5.70. The second-order valence-corrected chi connectivity index (χ2v) is 4.24. The van der Waals surface area contributed by atoms with Gasteiger partial charge in [0.2, 0.25) is 0 Å². The summed E-state index contributed by atoms with van der Waals surface area (Å²) in [6.07, 6.45) is 0. The molecule has 0 aliphatic heterocycles. The third kappa shape index (κ3) is 2.50. The van der Waals surface area contributed by atoms with Crippen LogP contribution in [0.25, 0.3) is 0 Å². The number of nitrogen functional groups attached to an aromatic ring is 1. The zero-order valence-electron chi connectivity index (χ0n) is 8.57. The minimum Gasteiger partial charge on any atom is -0.487 e. The SMILES string of the molecule is Cc1ccc(N)c(OCc2ccsc2)c1. The predicted molar refractivity (Wildman–Crippen MR) is 64.2 cm³/mol. The number of nitrogens with two attached hydrogens (primary N) is 1. The average molecular weight is 219 g/mol. The Kier molecular flexibility index (Phi) is 2.92. The number of thiophene rings is 1.